The van der Waals surface area contributed by atoms with Gasteiger partial charge in [0.15, 0.2) is 0 Å². The van der Waals surface area contributed by atoms with Crippen molar-refractivity contribution in [2.24, 2.45) is 5.10 Å². The van der Waals surface area contributed by atoms with Gasteiger partial charge in [0, 0.05) is 22.9 Å². The van der Waals surface area contributed by atoms with Crippen LogP contribution in [-0.4, -0.2) is 43.5 Å². The molecule has 0 unspecified atom stereocenters. The first kappa shape index (κ1) is 21.4. The fourth-order valence-corrected chi connectivity index (χ4v) is 4.81. The van der Waals surface area contributed by atoms with Crippen LogP contribution >= 0.6 is 11.6 Å². The molecule has 4 rings (SSSR count). The topological polar surface area (TPSA) is 81.1 Å². The largest absolute Gasteiger partial charge is 0.497 e. The monoisotopic (exact) mass is 459 g/mol. The normalized spacial score (nSPS) is 16.5. The molecule has 0 amide bonds. The molecule has 1 aliphatic rings. The van der Waals surface area contributed by atoms with Gasteiger partial charge in [-0.2, -0.15) is 9.52 Å². The molecule has 0 saturated carbocycles. The SMILES string of the molecule is CCOc1ccc2nc(Cl)c([C@H]3CC(c4cccc(OC)c4)=NN3S(C)(=O)=O)cc2c1. The van der Waals surface area contributed by atoms with Crippen LogP contribution in [0.25, 0.3) is 10.9 Å². The van der Waals surface area contributed by atoms with E-state index in [4.69, 9.17) is 21.1 Å². The number of sulfonamides is 1. The number of hydrazone groups is 1. The third kappa shape index (κ3) is 4.31. The van der Waals surface area contributed by atoms with E-state index in [2.05, 4.69) is 10.1 Å². The number of benzene rings is 2. The molecule has 9 heteroatoms. The lowest BCUT2D eigenvalue weighted by molar-refractivity contribution is 0.340. The highest BCUT2D eigenvalue weighted by Crippen LogP contribution is 2.39. The molecule has 3 aromatic rings. The van der Waals surface area contributed by atoms with Crippen LogP contribution in [0.4, 0.5) is 0 Å². The van der Waals surface area contributed by atoms with Crippen molar-refractivity contribution < 1.29 is 17.9 Å². The van der Waals surface area contributed by atoms with Crippen molar-refractivity contribution in [3.63, 3.8) is 0 Å². The highest BCUT2D eigenvalue weighted by molar-refractivity contribution is 7.88. The number of fused-ring (bicyclic) bond motifs is 1. The lowest BCUT2D eigenvalue weighted by Crippen LogP contribution is -2.26. The average molecular weight is 460 g/mol. The zero-order valence-electron chi connectivity index (χ0n) is 17.4. The summed E-state index contributed by atoms with van der Waals surface area (Å²) >= 11 is 6.51. The highest BCUT2D eigenvalue weighted by atomic mass is 35.5. The standard InChI is InChI=1S/C22H22ClN3O4S/c1-4-30-17-8-9-19-15(11-17)12-18(22(23)24-19)21-13-20(25-26(21)31(3,27)28)14-6-5-7-16(10-14)29-2/h5-12,21H,4,13H2,1-3H3/t21-/m1/s1. The lowest BCUT2D eigenvalue weighted by Gasteiger charge is -2.22. The molecular formula is C22H22ClN3O4S. The number of pyridine rings is 1. The van der Waals surface area contributed by atoms with E-state index >= 15 is 0 Å². The van der Waals surface area contributed by atoms with Gasteiger partial charge < -0.3 is 9.47 Å². The van der Waals surface area contributed by atoms with Crippen LogP contribution in [0.5, 0.6) is 11.5 Å². The number of methoxy groups -OCH3 is 1. The second-order valence-corrected chi connectivity index (χ2v) is 9.39. The molecule has 0 bridgehead atoms. The summed E-state index contributed by atoms with van der Waals surface area (Å²) in [6.45, 7) is 2.46. The molecule has 0 N–H and O–H groups in total. The summed E-state index contributed by atoms with van der Waals surface area (Å²) in [5, 5.41) is 5.49. The van der Waals surface area contributed by atoms with Crippen LogP contribution in [0.3, 0.4) is 0 Å². The Hall–Kier alpha value is -2.84. The van der Waals surface area contributed by atoms with Crippen molar-refractivity contribution >= 4 is 38.2 Å². The van der Waals surface area contributed by atoms with Crippen molar-refractivity contribution in [1.29, 1.82) is 0 Å². The summed E-state index contributed by atoms with van der Waals surface area (Å²) < 4.78 is 37.1. The maximum atomic E-state index is 12.5. The molecule has 2 heterocycles. The van der Waals surface area contributed by atoms with Crippen LogP contribution in [0.2, 0.25) is 5.15 Å². The molecule has 0 spiro atoms. The molecule has 7 nitrogen and oxygen atoms in total. The quantitative estimate of drug-likeness (QED) is 0.510. The van der Waals surface area contributed by atoms with E-state index in [1.54, 1.807) is 7.11 Å². The lowest BCUT2D eigenvalue weighted by atomic mass is 9.99. The number of rotatable bonds is 6. The van der Waals surface area contributed by atoms with E-state index < -0.39 is 16.1 Å². The van der Waals surface area contributed by atoms with Gasteiger partial charge in [-0.3, -0.25) is 0 Å². The van der Waals surface area contributed by atoms with Gasteiger partial charge in [0.1, 0.15) is 16.7 Å². The van der Waals surface area contributed by atoms with Gasteiger partial charge in [0.2, 0.25) is 10.0 Å². The molecule has 0 fully saturated rings. The maximum absolute atomic E-state index is 12.5. The predicted molar refractivity (Wildman–Crippen MR) is 121 cm³/mol. The zero-order valence-corrected chi connectivity index (χ0v) is 18.9. The van der Waals surface area contributed by atoms with Crippen LogP contribution in [0.15, 0.2) is 53.6 Å². The smallest absolute Gasteiger partial charge is 0.247 e. The summed E-state index contributed by atoms with van der Waals surface area (Å²) in [7, 11) is -2.06. The predicted octanol–water partition coefficient (Wildman–Crippen LogP) is 4.41. The van der Waals surface area contributed by atoms with Crippen LogP contribution in [0, 0.1) is 0 Å². The maximum Gasteiger partial charge on any atom is 0.247 e. The molecule has 0 aliphatic carbocycles. The van der Waals surface area contributed by atoms with Crippen molar-refractivity contribution in [3.8, 4) is 11.5 Å². The zero-order chi connectivity index (χ0) is 22.2. The Morgan fingerprint density at radius 2 is 1.97 bits per heavy atom. The van der Waals surface area contributed by atoms with Crippen LogP contribution in [-0.2, 0) is 10.0 Å². The Bertz CT molecular complexity index is 1280. The van der Waals surface area contributed by atoms with Gasteiger partial charge in [-0.25, -0.2) is 13.4 Å². The molecule has 1 atom stereocenters. The van der Waals surface area contributed by atoms with E-state index in [9.17, 15) is 8.42 Å². The van der Waals surface area contributed by atoms with Crippen molar-refractivity contribution in [3.05, 3.63) is 64.8 Å². The minimum Gasteiger partial charge on any atom is -0.497 e. The molecule has 0 saturated heterocycles. The number of halogens is 1. The van der Waals surface area contributed by atoms with E-state index in [0.717, 1.165) is 21.6 Å². The van der Waals surface area contributed by atoms with Gasteiger partial charge in [0.25, 0.3) is 0 Å². The Kier molecular flexibility index (Phi) is 5.77. The number of hydrogen-bond acceptors (Lipinski definition) is 6. The van der Waals surface area contributed by atoms with Crippen LogP contribution in [0.1, 0.15) is 30.5 Å². The van der Waals surface area contributed by atoms with Gasteiger partial charge >= 0.3 is 0 Å². The number of hydrogen-bond donors (Lipinski definition) is 0. The minimum absolute atomic E-state index is 0.248. The van der Waals surface area contributed by atoms with Gasteiger partial charge in [-0.1, -0.05) is 23.7 Å². The van der Waals surface area contributed by atoms with Gasteiger partial charge in [-0.15, -0.1) is 0 Å². The Morgan fingerprint density at radius 1 is 1.16 bits per heavy atom. The fraction of sp³-hybridized carbons (Fsp3) is 0.273. The third-order valence-electron chi connectivity index (χ3n) is 5.05. The Balaban J connectivity index is 1.78. The first-order chi connectivity index (χ1) is 14.8. The molecule has 162 valence electrons. The van der Waals surface area contributed by atoms with Crippen LogP contribution < -0.4 is 9.47 Å². The molecule has 1 aromatic heterocycles. The molecular weight excluding hydrogens is 438 g/mol. The number of nitrogens with zero attached hydrogens (tertiary/aromatic N) is 3. The fourth-order valence-electron chi connectivity index (χ4n) is 3.64. The van der Waals surface area contributed by atoms with Gasteiger partial charge in [0.05, 0.1) is 37.2 Å². The molecule has 31 heavy (non-hydrogen) atoms. The first-order valence-electron chi connectivity index (χ1n) is 9.74. The van der Waals surface area contributed by atoms with Crippen molar-refractivity contribution in [2.45, 2.75) is 19.4 Å². The average Bonchev–Trinajstić information content (AvgIpc) is 3.20. The summed E-state index contributed by atoms with van der Waals surface area (Å²) in [5.74, 6) is 1.38. The van der Waals surface area contributed by atoms with Crippen molar-refractivity contribution in [1.82, 2.24) is 9.40 Å². The molecule has 2 aromatic carbocycles. The van der Waals surface area contributed by atoms with Crippen molar-refractivity contribution in [2.75, 3.05) is 20.0 Å². The molecule has 1 aliphatic heterocycles. The third-order valence-corrected chi connectivity index (χ3v) is 6.37. The first-order valence-corrected chi connectivity index (χ1v) is 12.0. The summed E-state index contributed by atoms with van der Waals surface area (Å²) in [4.78, 5) is 4.48. The second-order valence-electron chi connectivity index (χ2n) is 7.19. The van der Waals surface area contributed by atoms with E-state index in [1.807, 2.05) is 55.5 Å². The second kappa shape index (κ2) is 8.36. The molecule has 0 radical (unpaired) electrons. The van der Waals surface area contributed by atoms with E-state index in [1.165, 1.54) is 0 Å². The van der Waals surface area contributed by atoms with E-state index in [-0.39, 0.29) is 5.15 Å². The summed E-state index contributed by atoms with van der Waals surface area (Å²) in [5.41, 5.74) is 2.72. The number of aromatic nitrogens is 1. The van der Waals surface area contributed by atoms with E-state index in [0.29, 0.717) is 41.3 Å². The van der Waals surface area contributed by atoms with Gasteiger partial charge in [-0.05, 0) is 43.3 Å². The summed E-state index contributed by atoms with van der Waals surface area (Å²) in [6.07, 6.45) is 1.49. The Labute approximate surface area is 186 Å². The highest BCUT2D eigenvalue weighted by Gasteiger charge is 2.36. The minimum atomic E-state index is -3.64. The summed E-state index contributed by atoms with van der Waals surface area (Å²) in [6, 6.07) is 14.2. The number of ether oxygens (including phenoxy) is 2. The Morgan fingerprint density at radius 3 is 2.68 bits per heavy atom.